The van der Waals surface area contributed by atoms with Gasteiger partial charge in [0.2, 0.25) is 5.91 Å². The Labute approximate surface area is 115 Å². The van der Waals surface area contributed by atoms with E-state index in [1.54, 1.807) is 13.8 Å². The number of anilines is 1. The molecule has 108 valence electrons. The van der Waals surface area contributed by atoms with E-state index in [9.17, 15) is 19.7 Å². The lowest BCUT2D eigenvalue weighted by atomic mass is 10.0. The van der Waals surface area contributed by atoms with Crippen LogP contribution in [0, 0.1) is 16.0 Å². The summed E-state index contributed by atoms with van der Waals surface area (Å²) in [5, 5.41) is 13.3. The minimum atomic E-state index is -0.913. The zero-order chi connectivity index (χ0) is 15.4. The molecule has 0 saturated heterocycles. The molecule has 0 saturated carbocycles. The van der Waals surface area contributed by atoms with Gasteiger partial charge in [-0.25, -0.2) is 0 Å². The number of nitrogens with zero attached hydrogens (tertiary/aromatic N) is 1. The molecule has 0 aromatic heterocycles. The summed E-state index contributed by atoms with van der Waals surface area (Å²) in [5.41, 5.74) is 10.3. The van der Waals surface area contributed by atoms with E-state index < -0.39 is 22.8 Å². The topological polar surface area (TPSA) is 141 Å². The first-order valence-corrected chi connectivity index (χ1v) is 5.88. The summed E-state index contributed by atoms with van der Waals surface area (Å²) < 4.78 is 0. The largest absolute Gasteiger partial charge is 0.399 e. The fraction of sp³-hybridized carbons (Fsp3) is 0.333. The first-order chi connectivity index (χ1) is 9.23. The Morgan fingerprint density at radius 2 is 1.95 bits per heavy atom. The van der Waals surface area contributed by atoms with Gasteiger partial charge in [-0.1, -0.05) is 13.8 Å². The summed E-state index contributed by atoms with van der Waals surface area (Å²) in [6.45, 7) is 3.40. The highest BCUT2D eigenvalue weighted by molar-refractivity contribution is 6.01. The van der Waals surface area contributed by atoms with Crippen molar-refractivity contribution in [2.24, 2.45) is 11.7 Å². The molecule has 0 aliphatic rings. The number of nitrogens with one attached hydrogen (secondary N) is 1. The van der Waals surface area contributed by atoms with Crippen LogP contribution in [0.5, 0.6) is 0 Å². The normalized spacial score (nSPS) is 11.9. The lowest BCUT2D eigenvalue weighted by molar-refractivity contribution is -0.385. The Kier molecular flexibility index (Phi) is 4.63. The molecular weight excluding hydrogens is 264 g/mol. The van der Waals surface area contributed by atoms with Crippen LogP contribution in [0.2, 0.25) is 0 Å². The smallest absolute Gasteiger partial charge is 0.282 e. The molecule has 8 nitrogen and oxygen atoms in total. The third-order valence-corrected chi connectivity index (χ3v) is 2.72. The van der Waals surface area contributed by atoms with Gasteiger partial charge in [-0.05, 0) is 18.1 Å². The van der Waals surface area contributed by atoms with Gasteiger partial charge in [-0.3, -0.25) is 19.7 Å². The highest BCUT2D eigenvalue weighted by Crippen LogP contribution is 2.21. The molecule has 20 heavy (non-hydrogen) atoms. The number of rotatable bonds is 5. The van der Waals surface area contributed by atoms with Gasteiger partial charge >= 0.3 is 0 Å². The Morgan fingerprint density at radius 3 is 2.40 bits per heavy atom. The number of hydrogen-bond acceptors (Lipinski definition) is 5. The second kappa shape index (κ2) is 6.00. The van der Waals surface area contributed by atoms with E-state index >= 15 is 0 Å². The fourth-order valence-corrected chi connectivity index (χ4v) is 1.68. The minimum Gasteiger partial charge on any atom is -0.399 e. The van der Waals surface area contributed by atoms with Gasteiger partial charge in [0.05, 0.1) is 4.92 Å². The van der Waals surface area contributed by atoms with E-state index in [4.69, 9.17) is 11.5 Å². The molecule has 0 spiro atoms. The van der Waals surface area contributed by atoms with Crippen LogP contribution in [0.3, 0.4) is 0 Å². The van der Waals surface area contributed by atoms with Crippen LogP contribution >= 0.6 is 0 Å². The van der Waals surface area contributed by atoms with Crippen molar-refractivity contribution >= 4 is 23.2 Å². The number of hydrogen-bond donors (Lipinski definition) is 3. The molecule has 0 aliphatic carbocycles. The standard InChI is InChI=1S/C12H16N4O4/c1-6(2)10(11(14)17)15-12(18)8-5-7(13)3-4-9(8)16(19)20/h3-6,10H,13H2,1-2H3,(H2,14,17)(H,15,18). The van der Waals surface area contributed by atoms with Crippen LogP contribution in [-0.2, 0) is 4.79 Å². The predicted octanol–water partition coefficient (Wildman–Crippen LogP) is 0.417. The number of benzene rings is 1. The number of carbonyl (C=O) groups is 2. The van der Waals surface area contributed by atoms with Crippen molar-refractivity contribution in [2.45, 2.75) is 19.9 Å². The maximum Gasteiger partial charge on any atom is 0.282 e. The van der Waals surface area contributed by atoms with E-state index in [2.05, 4.69) is 5.32 Å². The molecule has 1 unspecified atom stereocenters. The SMILES string of the molecule is CC(C)C(NC(=O)c1cc(N)ccc1[N+](=O)[O-])C(N)=O. The van der Waals surface area contributed by atoms with Crippen LogP contribution in [0.1, 0.15) is 24.2 Å². The molecule has 1 aromatic rings. The Balaban J connectivity index is 3.11. The van der Waals surface area contributed by atoms with Gasteiger partial charge in [-0.15, -0.1) is 0 Å². The van der Waals surface area contributed by atoms with E-state index in [1.807, 2.05) is 0 Å². The number of carbonyl (C=O) groups excluding carboxylic acids is 2. The van der Waals surface area contributed by atoms with E-state index in [1.165, 1.54) is 12.1 Å². The van der Waals surface area contributed by atoms with Crippen LogP contribution in [0.15, 0.2) is 18.2 Å². The number of nitrogen functional groups attached to an aromatic ring is 1. The van der Waals surface area contributed by atoms with E-state index in [-0.39, 0.29) is 22.9 Å². The highest BCUT2D eigenvalue weighted by atomic mass is 16.6. The third-order valence-electron chi connectivity index (χ3n) is 2.72. The minimum absolute atomic E-state index is 0.207. The van der Waals surface area contributed by atoms with Gasteiger partial charge in [0.15, 0.2) is 0 Å². The molecule has 0 fully saturated rings. The fourth-order valence-electron chi connectivity index (χ4n) is 1.68. The lowest BCUT2D eigenvalue weighted by Gasteiger charge is -2.18. The number of primary amides is 1. The van der Waals surface area contributed by atoms with E-state index in [0.717, 1.165) is 6.07 Å². The first kappa shape index (κ1) is 15.4. The quantitative estimate of drug-likeness (QED) is 0.407. The molecule has 1 aromatic carbocycles. The summed E-state index contributed by atoms with van der Waals surface area (Å²) >= 11 is 0. The van der Waals surface area contributed by atoms with Crippen molar-refractivity contribution < 1.29 is 14.5 Å². The molecule has 2 amide bonds. The van der Waals surface area contributed by atoms with Crippen LogP contribution in [0.4, 0.5) is 11.4 Å². The summed E-state index contributed by atoms with van der Waals surface area (Å²) in [4.78, 5) is 33.5. The summed E-state index contributed by atoms with van der Waals surface area (Å²) in [6, 6.07) is 2.73. The average molecular weight is 280 g/mol. The van der Waals surface area contributed by atoms with Crippen molar-refractivity contribution in [1.29, 1.82) is 0 Å². The van der Waals surface area contributed by atoms with Crippen molar-refractivity contribution in [3.63, 3.8) is 0 Å². The molecule has 8 heteroatoms. The highest BCUT2D eigenvalue weighted by Gasteiger charge is 2.26. The van der Waals surface area contributed by atoms with Gasteiger partial charge in [-0.2, -0.15) is 0 Å². The first-order valence-electron chi connectivity index (χ1n) is 5.88. The van der Waals surface area contributed by atoms with Crippen molar-refractivity contribution in [3.05, 3.63) is 33.9 Å². The molecule has 0 bridgehead atoms. The van der Waals surface area contributed by atoms with Gasteiger partial charge < -0.3 is 16.8 Å². The van der Waals surface area contributed by atoms with Crippen molar-refractivity contribution in [1.82, 2.24) is 5.32 Å². The molecule has 1 atom stereocenters. The van der Waals surface area contributed by atoms with Gasteiger partial charge in [0.25, 0.3) is 11.6 Å². The summed E-state index contributed by atoms with van der Waals surface area (Å²) in [7, 11) is 0. The number of nitro benzene ring substituents is 1. The molecular formula is C12H16N4O4. The van der Waals surface area contributed by atoms with Crippen LogP contribution < -0.4 is 16.8 Å². The molecule has 0 heterocycles. The number of nitrogens with two attached hydrogens (primary N) is 2. The zero-order valence-corrected chi connectivity index (χ0v) is 11.1. The van der Waals surface area contributed by atoms with E-state index in [0.29, 0.717) is 0 Å². The third kappa shape index (κ3) is 3.44. The maximum atomic E-state index is 12.1. The molecule has 0 radical (unpaired) electrons. The monoisotopic (exact) mass is 280 g/mol. The second-order valence-corrected chi connectivity index (χ2v) is 4.63. The van der Waals surface area contributed by atoms with Gasteiger partial charge in [0, 0.05) is 11.8 Å². The number of nitro groups is 1. The van der Waals surface area contributed by atoms with Crippen LogP contribution in [0.25, 0.3) is 0 Å². The summed E-state index contributed by atoms with van der Waals surface area (Å²) in [5.74, 6) is -1.71. The van der Waals surface area contributed by atoms with Crippen LogP contribution in [-0.4, -0.2) is 22.8 Å². The van der Waals surface area contributed by atoms with Gasteiger partial charge in [0.1, 0.15) is 11.6 Å². The Morgan fingerprint density at radius 1 is 1.35 bits per heavy atom. The average Bonchev–Trinajstić information content (AvgIpc) is 2.34. The maximum absolute atomic E-state index is 12.1. The summed E-state index contributed by atoms with van der Waals surface area (Å²) in [6.07, 6.45) is 0. The molecule has 5 N–H and O–H groups in total. The second-order valence-electron chi connectivity index (χ2n) is 4.63. The zero-order valence-electron chi connectivity index (χ0n) is 11.1. The Bertz CT molecular complexity index is 556. The predicted molar refractivity (Wildman–Crippen MR) is 72.8 cm³/mol. The number of amides is 2. The lowest BCUT2D eigenvalue weighted by Crippen LogP contribution is -2.47. The Hall–Kier alpha value is -2.64. The molecule has 0 aliphatic heterocycles. The molecule has 1 rings (SSSR count). The van der Waals surface area contributed by atoms with Crippen molar-refractivity contribution in [3.8, 4) is 0 Å². The van der Waals surface area contributed by atoms with Crippen molar-refractivity contribution in [2.75, 3.05) is 5.73 Å².